The van der Waals surface area contributed by atoms with E-state index in [0.29, 0.717) is 12.2 Å². The summed E-state index contributed by atoms with van der Waals surface area (Å²) in [4.78, 5) is 25.3. The molecule has 23 heavy (non-hydrogen) atoms. The van der Waals surface area contributed by atoms with Gasteiger partial charge in [0.1, 0.15) is 5.69 Å². The van der Waals surface area contributed by atoms with Crippen molar-refractivity contribution in [1.82, 2.24) is 15.1 Å². The average molecular weight is 325 g/mol. The van der Waals surface area contributed by atoms with Gasteiger partial charge in [0.05, 0.1) is 5.69 Å². The Balaban J connectivity index is 1.72. The zero-order valence-electron chi connectivity index (χ0n) is 12.3. The normalized spacial score (nSPS) is 10.4. The molecule has 0 atom stereocenters. The predicted octanol–water partition coefficient (Wildman–Crippen LogP) is 2.27. The third kappa shape index (κ3) is 3.73. The Kier molecular flexibility index (Phi) is 4.63. The van der Waals surface area contributed by atoms with Crippen LogP contribution in [0.25, 0.3) is 5.69 Å². The first-order chi connectivity index (χ1) is 11.2. The number of rotatable bonds is 5. The fourth-order valence-electron chi connectivity index (χ4n) is 2.13. The molecule has 1 aromatic carbocycles. The molecular weight excluding hydrogens is 310 g/mol. The number of hydrogen-bond donors (Lipinski definition) is 1. The number of nitrogens with one attached hydrogen (secondary N) is 1. The van der Waals surface area contributed by atoms with Crippen LogP contribution in [0.4, 0.5) is 0 Å². The molecule has 116 valence electrons. The molecule has 1 N–H and O–H groups in total. The largest absolute Gasteiger partial charge is 0.350 e. The number of aromatic nitrogens is 2. The van der Waals surface area contributed by atoms with Crippen LogP contribution in [0.5, 0.6) is 0 Å². The summed E-state index contributed by atoms with van der Waals surface area (Å²) in [6.07, 6.45) is 0.779. The van der Waals surface area contributed by atoms with Gasteiger partial charge in [-0.05, 0) is 36.1 Å². The molecule has 0 saturated carbocycles. The Morgan fingerprint density at radius 1 is 1.09 bits per heavy atom. The van der Waals surface area contributed by atoms with Crippen molar-refractivity contribution >= 4 is 17.2 Å². The molecule has 0 aliphatic heterocycles. The molecule has 0 aliphatic carbocycles. The second-order valence-electron chi connectivity index (χ2n) is 4.89. The van der Waals surface area contributed by atoms with Crippen molar-refractivity contribution in [3.05, 3.63) is 80.9 Å². The molecule has 2 aromatic heterocycles. The first kappa shape index (κ1) is 15.2. The van der Waals surface area contributed by atoms with Crippen molar-refractivity contribution in [2.24, 2.45) is 0 Å². The maximum Gasteiger partial charge on any atom is 0.271 e. The summed E-state index contributed by atoms with van der Waals surface area (Å²) < 4.78 is 1.23. The Labute approximate surface area is 137 Å². The minimum atomic E-state index is -0.286. The molecule has 6 heteroatoms. The second-order valence-corrected chi connectivity index (χ2v) is 5.92. The van der Waals surface area contributed by atoms with E-state index < -0.39 is 0 Å². The number of carbonyl (C=O) groups excluding carboxylic acids is 1. The lowest BCUT2D eigenvalue weighted by molar-refractivity contribution is 0.0947. The van der Waals surface area contributed by atoms with Gasteiger partial charge in [0, 0.05) is 17.5 Å². The lowest BCUT2D eigenvalue weighted by Gasteiger charge is -2.07. The molecule has 0 fully saturated rings. The summed E-state index contributed by atoms with van der Waals surface area (Å²) in [5, 5.41) is 8.99. The number of nitrogens with zero attached hydrogens (tertiary/aromatic N) is 2. The highest BCUT2D eigenvalue weighted by atomic mass is 32.1. The fourth-order valence-corrected chi connectivity index (χ4v) is 2.84. The van der Waals surface area contributed by atoms with Gasteiger partial charge in [-0.15, -0.1) is 11.3 Å². The Morgan fingerprint density at radius 3 is 2.65 bits per heavy atom. The minimum Gasteiger partial charge on any atom is -0.350 e. The van der Waals surface area contributed by atoms with Crippen LogP contribution in [0.2, 0.25) is 0 Å². The number of hydrogen-bond acceptors (Lipinski definition) is 4. The van der Waals surface area contributed by atoms with Gasteiger partial charge < -0.3 is 5.32 Å². The molecule has 2 heterocycles. The van der Waals surface area contributed by atoms with E-state index in [1.165, 1.54) is 21.7 Å². The standard InChI is InChI=1S/C17H15N3O2S/c21-16-9-8-15(19-20(16)13-5-2-1-3-6-13)17(22)18-11-10-14-7-4-12-23-14/h1-9,12H,10-11H2,(H,18,22). The van der Waals surface area contributed by atoms with Crippen molar-refractivity contribution in [3.8, 4) is 5.69 Å². The number of benzene rings is 1. The van der Waals surface area contributed by atoms with Gasteiger partial charge in [-0.3, -0.25) is 9.59 Å². The molecule has 0 bridgehead atoms. The first-order valence-corrected chi connectivity index (χ1v) is 8.08. The highest BCUT2D eigenvalue weighted by molar-refractivity contribution is 7.09. The first-order valence-electron chi connectivity index (χ1n) is 7.20. The molecule has 0 saturated heterocycles. The van der Waals surface area contributed by atoms with Crippen LogP contribution < -0.4 is 10.9 Å². The molecule has 0 radical (unpaired) electrons. The van der Waals surface area contributed by atoms with Gasteiger partial charge in [0.2, 0.25) is 0 Å². The van der Waals surface area contributed by atoms with Gasteiger partial charge in [-0.1, -0.05) is 24.3 Å². The van der Waals surface area contributed by atoms with Crippen molar-refractivity contribution in [1.29, 1.82) is 0 Å². The van der Waals surface area contributed by atoms with E-state index in [9.17, 15) is 9.59 Å². The Bertz CT molecular complexity index is 842. The van der Waals surface area contributed by atoms with Gasteiger partial charge in [0.15, 0.2) is 0 Å². The van der Waals surface area contributed by atoms with Crippen molar-refractivity contribution in [2.45, 2.75) is 6.42 Å². The topological polar surface area (TPSA) is 64.0 Å². The second kappa shape index (κ2) is 7.02. The van der Waals surface area contributed by atoms with Gasteiger partial charge in [0.25, 0.3) is 11.5 Å². The maximum absolute atomic E-state index is 12.2. The van der Waals surface area contributed by atoms with E-state index in [2.05, 4.69) is 10.4 Å². The lowest BCUT2D eigenvalue weighted by atomic mass is 10.3. The summed E-state index contributed by atoms with van der Waals surface area (Å²) in [5.74, 6) is -0.286. The molecule has 1 amide bonds. The average Bonchev–Trinajstić information content (AvgIpc) is 3.09. The van der Waals surface area contributed by atoms with Crippen LogP contribution in [0.15, 0.2) is 64.8 Å². The van der Waals surface area contributed by atoms with Gasteiger partial charge >= 0.3 is 0 Å². The van der Waals surface area contributed by atoms with E-state index >= 15 is 0 Å². The third-order valence-corrected chi connectivity index (χ3v) is 4.21. The summed E-state index contributed by atoms with van der Waals surface area (Å²) in [5.41, 5.74) is 0.580. The molecular formula is C17H15N3O2S. The highest BCUT2D eigenvalue weighted by Crippen LogP contribution is 2.08. The van der Waals surface area contributed by atoms with Crippen LogP contribution in [0, 0.1) is 0 Å². The molecule has 3 aromatic rings. The zero-order valence-corrected chi connectivity index (χ0v) is 13.1. The van der Waals surface area contributed by atoms with E-state index in [1.807, 2.05) is 35.7 Å². The Morgan fingerprint density at radius 2 is 1.91 bits per heavy atom. The van der Waals surface area contributed by atoms with Crippen molar-refractivity contribution < 1.29 is 4.79 Å². The quantitative estimate of drug-likeness (QED) is 0.782. The predicted molar refractivity (Wildman–Crippen MR) is 90.2 cm³/mol. The summed E-state index contributed by atoms with van der Waals surface area (Å²) in [6, 6.07) is 15.9. The van der Waals surface area contributed by atoms with Crippen molar-refractivity contribution in [3.63, 3.8) is 0 Å². The molecule has 0 unspecified atom stereocenters. The Hall–Kier alpha value is -2.73. The SMILES string of the molecule is O=C(NCCc1cccs1)c1ccc(=O)n(-c2ccccc2)n1. The zero-order chi connectivity index (χ0) is 16.1. The van der Waals surface area contributed by atoms with Gasteiger partial charge in [-0.25, -0.2) is 0 Å². The minimum absolute atomic E-state index is 0.222. The third-order valence-electron chi connectivity index (χ3n) is 3.27. The van der Waals surface area contributed by atoms with Crippen LogP contribution in [0.1, 0.15) is 15.4 Å². The lowest BCUT2D eigenvalue weighted by Crippen LogP contribution is -2.30. The molecule has 0 spiro atoms. The smallest absolute Gasteiger partial charge is 0.271 e. The molecule has 0 aliphatic rings. The fraction of sp³-hybridized carbons (Fsp3) is 0.118. The van der Waals surface area contributed by atoms with Crippen LogP contribution >= 0.6 is 11.3 Å². The van der Waals surface area contributed by atoms with E-state index in [4.69, 9.17) is 0 Å². The highest BCUT2D eigenvalue weighted by Gasteiger charge is 2.10. The number of thiophene rings is 1. The van der Waals surface area contributed by atoms with E-state index in [0.717, 1.165) is 6.42 Å². The monoisotopic (exact) mass is 325 g/mol. The molecule has 5 nitrogen and oxygen atoms in total. The number of amides is 1. The molecule has 3 rings (SSSR count). The van der Waals surface area contributed by atoms with E-state index in [-0.39, 0.29) is 17.2 Å². The maximum atomic E-state index is 12.2. The van der Waals surface area contributed by atoms with E-state index in [1.54, 1.807) is 23.5 Å². The summed E-state index contributed by atoms with van der Waals surface area (Å²) in [6.45, 7) is 0.533. The van der Waals surface area contributed by atoms with Crippen LogP contribution in [0.3, 0.4) is 0 Å². The number of para-hydroxylation sites is 1. The van der Waals surface area contributed by atoms with Crippen LogP contribution in [-0.2, 0) is 6.42 Å². The van der Waals surface area contributed by atoms with Crippen molar-refractivity contribution in [2.75, 3.05) is 6.54 Å². The van der Waals surface area contributed by atoms with Gasteiger partial charge in [-0.2, -0.15) is 9.78 Å². The van der Waals surface area contributed by atoms with Crippen LogP contribution in [-0.4, -0.2) is 22.2 Å². The number of carbonyl (C=O) groups is 1. The summed E-state index contributed by atoms with van der Waals surface area (Å²) >= 11 is 1.66. The summed E-state index contributed by atoms with van der Waals surface area (Å²) in [7, 11) is 0.